The van der Waals surface area contributed by atoms with Crippen LogP contribution >= 0.6 is 0 Å². The first-order valence-corrected chi connectivity index (χ1v) is 7.60. The van der Waals surface area contributed by atoms with E-state index in [0.717, 1.165) is 18.8 Å². The van der Waals surface area contributed by atoms with E-state index in [1.807, 2.05) is 0 Å². The molecule has 2 heteroatoms. The Hall–Kier alpha value is -1.02. The van der Waals surface area contributed by atoms with Crippen LogP contribution in [0.15, 0.2) is 24.3 Å². The van der Waals surface area contributed by atoms with Crippen LogP contribution in [-0.2, 0) is 6.54 Å². The maximum Gasteiger partial charge on any atom is 0.119 e. The van der Waals surface area contributed by atoms with Crippen LogP contribution in [-0.4, -0.2) is 12.6 Å². The van der Waals surface area contributed by atoms with Gasteiger partial charge in [-0.15, -0.1) is 0 Å². The van der Waals surface area contributed by atoms with Crippen molar-refractivity contribution in [2.24, 2.45) is 5.41 Å². The van der Waals surface area contributed by atoms with Crippen molar-refractivity contribution in [3.05, 3.63) is 29.8 Å². The monoisotopic (exact) mass is 261 g/mol. The maximum atomic E-state index is 5.65. The summed E-state index contributed by atoms with van der Waals surface area (Å²) in [4.78, 5) is 0. The third kappa shape index (κ3) is 3.97. The highest BCUT2D eigenvalue weighted by Gasteiger charge is 2.34. The van der Waals surface area contributed by atoms with Gasteiger partial charge in [-0.1, -0.05) is 25.5 Å². The fourth-order valence-electron chi connectivity index (χ4n) is 2.76. The highest BCUT2D eigenvalue weighted by molar-refractivity contribution is 5.27. The summed E-state index contributed by atoms with van der Waals surface area (Å²) in [5.41, 5.74) is 1.93. The number of nitrogens with one attached hydrogen (secondary N) is 1. The molecule has 1 aromatic carbocycles. The van der Waals surface area contributed by atoms with E-state index in [0.29, 0.717) is 5.41 Å². The van der Waals surface area contributed by atoms with E-state index in [2.05, 4.69) is 50.4 Å². The molecule has 0 amide bonds. The molecule has 2 nitrogen and oxygen atoms in total. The van der Waals surface area contributed by atoms with Gasteiger partial charge in [0.15, 0.2) is 0 Å². The van der Waals surface area contributed by atoms with Crippen LogP contribution in [0.25, 0.3) is 0 Å². The van der Waals surface area contributed by atoms with Crippen molar-refractivity contribution in [2.45, 2.75) is 59.1 Å². The Kier molecular flexibility index (Phi) is 4.87. The smallest absolute Gasteiger partial charge is 0.119 e. The number of hydrogen-bond donors (Lipinski definition) is 1. The molecule has 0 saturated heterocycles. The number of ether oxygens (including phenoxy) is 1. The molecule has 0 aliphatic heterocycles. The van der Waals surface area contributed by atoms with Crippen molar-refractivity contribution < 1.29 is 4.74 Å². The predicted octanol–water partition coefficient (Wildman–Crippen LogP) is 4.14. The van der Waals surface area contributed by atoms with Gasteiger partial charge in [0.2, 0.25) is 0 Å². The van der Waals surface area contributed by atoms with Gasteiger partial charge in [0.1, 0.15) is 5.75 Å². The second-order valence-corrected chi connectivity index (χ2v) is 6.12. The molecule has 1 aliphatic rings. The first-order chi connectivity index (χ1) is 9.13. The Morgan fingerprint density at radius 1 is 1.21 bits per heavy atom. The Morgan fingerprint density at radius 2 is 1.89 bits per heavy atom. The fraction of sp³-hybridized carbons (Fsp3) is 0.647. The molecule has 1 aliphatic carbocycles. The highest BCUT2D eigenvalue weighted by Crippen LogP contribution is 2.43. The molecular weight excluding hydrogens is 234 g/mol. The number of benzene rings is 1. The summed E-state index contributed by atoms with van der Waals surface area (Å²) in [6.45, 7) is 8.55. The average Bonchev–Trinajstić information content (AvgIpc) is 2.34. The topological polar surface area (TPSA) is 21.3 Å². The van der Waals surface area contributed by atoms with Crippen LogP contribution in [0.2, 0.25) is 0 Å². The van der Waals surface area contributed by atoms with E-state index in [9.17, 15) is 0 Å². The van der Waals surface area contributed by atoms with Gasteiger partial charge in [-0.05, 0) is 56.2 Å². The van der Waals surface area contributed by atoms with Crippen LogP contribution in [0.3, 0.4) is 0 Å². The molecule has 2 rings (SSSR count). The average molecular weight is 261 g/mol. The molecule has 106 valence electrons. The maximum absolute atomic E-state index is 5.65. The largest absolute Gasteiger partial charge is 0.491 e. The van der Waals surface area contributed by atoms with E-state index in [1.165, 1.54) is 31.2 Å². The first-order valence-electron chi connectivity index (χ1n) is 7.60. The summed E-state index contributed by atoms with van der Waals surface area (Å²) in [6.07, 6.45) is 5.76. The Bertz CT molecular complexity index is 373. The minimum absolute atomic E-state index is 0.243. The quantitative estimate of drug-likeness (QED) is 0.796. The molecule has 0 bridgehead atoms. The number of rotatable bonds is 7. The van der Waals surface area contributed by atoms with Crippen LogP contribution < -0.4 is 10.1 Å². The van der Waals surface area contributed by atoms with Crippen LogP contribution in [0, 0.1) is 5.41 Å². The van der Waals surface area contributed by atoms with E-state index >= 15 is 0 Å². The molecule has 0 radical (unpaired) electrons. The summed E-state index contributed by atoms with van der Waals surface area (Å²) >= 11 is 0. The lowest BCUT2D eigenvalue weighted by molar-refractivity contribution is 0.124. The van der Waals surface area contributed by atoms with Crippen molar-refractivity contribution in [1.29, 1.82) is 0 Å². The third-order valence-electron chi connectivity index (χ3n) is 4.29. The van der Waals surface area contributed by atoms with Crippen molar-refractivity contribution in [3.8, 4) is 5.75 Å². The molecule has 1 N–H and O–H groups in total. The predicted molar refractivity (Wildman–Crippen MR) is 80.5 cm³/mol. The van der Waals surface area contributed by atoms with Gasteiger partial charge in [0.05, 0.1) is 6.10 Å². The van der Waals surface area contributed by atoms with E-state index in [1.54, 1.807) is 0 Å². The van der Waals surface area contributed by atoms with E-state index < -0.39 is 0 Å². The molecule has 0 atom stereocenters. The van der Waals surface area contributed by atoms with Gasteiger partial charge in [0.25, 0.3) is 0 Å². The molecule has 0 aromatic heterocycles. The van der Waals surface area contributed by atoms with Gasteiger partial charge in [0, 0.05) is 13.1 Å². The third-order valence-corrected chi connectivity index (χ3v) is 4.29. The number of hydrogen-bond acceptors (Lipinski definition) is 2. The van der Waals surface area contributed by atoms with Gasteiger partial charge in [-0.25, -0.2) is 0 Å². The van der Waals surface area contributed by atoms with Gasteiger partial charge >= 0.3 is 0 Å². The second kappa shape index (κ2) is 6.42. The first kappa shape index (κ1) is 14.4. The summed E-state index contributed by atoms with van der Waals surface area (Å²) in [6, 6.07) is 8.44. The van der Waals surface area contributed by atoms with Crippen molar-refractivity contribution in [3.63, 3.8) is 0 Å². The van der Waals surface area contributed by atoms with Crippen molar-refractivity contribution >= 4 is 0 Å². The highest BCUT2D eigenvalue weighted by atomic mass is 16.5. The zero-order valence-electron chi connectivity index (χ0n) is 12.5. The lowest BCUT2D eigenvalue weighted by Crippen LogP contribution is -2.39. The molecule has 1 fully saturated rings. The normalized spacial score (nSPS) is 17.3. The summed E-state index contributed by atoms with van der Waals surface area (Å²) < 4.78 is 5.65. The Balaban J connectivity index is 1.76. The fourth-order valence-corrected chi connectivity index (χ4v) is 2.76. The van der Waals surface area contributed by atoms with Gasteiger partial charge in [-0.3, -0.25) is 0 Å². The minimum Gasteiger partial charge on any atom is -0.491 e. The SMILES string of the molecule is CCC1(CNCc2ccc(OC(C)C)cc2)CCC1. The molecule has 1 saturated carbocycles. The molecule has 19 heavy (non-hydrogen) atoms. The standard InChI is InChI=1S/C17H27NO/c1-4-17(10-5-11-17)13-18-12-15-6-8-16(9-7-15)19-14(2)3/h6-9,14,18H,4-5,10-13H2,1-3H3. The Morgan fingerprint density at radius 3 is 2.37 bits per heavy atom. The molecule has 1 aromatic rings. The van der Waals surface area contributed by atoms with Crippen LogP contribution in [0.1, 0.15) is 52.0 Å². The zero-order valence-corrected chi connectivity index (χ0v) is 12.5. The van der Waals surface area contributed by atoms with Gasteiger partial charge in [-0.2, -0.15) is 0 Å². The van der Waals surface area contributed by atoms with Crippen molar-refractivity contribution in [2.75, 3.05) is 6.54 Å². The summed E-state index contributed by atoms with van der Waals surface area (Å²) in [5.74, 6) is 0.961. The summed E-state index contributed by atoms with van der Waals surface area (Å²) in [5, 5.41) is 3.61. The second-order valence-electron chi connectivity index (χ2n) is 6.12. The van der Waals surface area contributed by atoms with E-state index in [-0.39, 0.29) is 6.10 Å². The lowest BCUT2D eigenvalue weighted by atomic mass is 9.67. The summed E-state index contributed by atoms with van der Waals surface area (Å²) in [7, 11) is 0. The van der Waals surface area contributed by atoms with Gasteiger partial charge < -0.3 is 10.1 Å². The van der Waals surface area contributed by atoms with Crippen LogP contribution in [0.4, 0.5) is 0 Å². The Labute approximate surface area is 117 Å². The van der Waals surface area contributed by atoms with Crippen molar-refractivity contribution in [1.82, 2.24) is 5.32 Å². The molecule has 0 unspecified atom stereocenters. The van der Waals surface area contributed by atoms with E-state index in [4.69, 9.17) is 4.74 Å². The molecular formula is C17H27NO. The molecule has 0 spiro atoms. The zero-order chi connectivity index (χ0) is 13.7. The van der Waals surface area contributed by atoms with Crippen LogP contribution in [0.5, 0.6) is 5.75 Å². The lowest BCUT2D eigenvalue weighted by Gasteiger charge is -2.41. The minimum atomic E-state index is 0.243. The molecule has 0 heterocycles.